The summed E-state index contributed by atoms with van der Waals surface area (Å²) in [4.78, 5) is 24.6. The van der Waals surface area contributed by atoms with E-state index in [0.29, 0.717) is 36.0 Å². The third-order valence-corrected chi connectivity index (χ3v) is 4.35. The van der Waals surface area contributed by atoms with Crippen molar-refractivity contribution in [1.82, 2.24) is 10.9 Å². The van der Waals surface area contributed by atoms with Crippen molar-refractivity contribution in [2.24, 2.45) is 5.92 Å². The molecule has 0 spiro atoms. The third-order valence-electron chi connectivity index (χ3n) is 4.35. The van der Waals surface area contributed by atoms with Gasteiger partial charge in [-0.25, -0.2) is 0 Å². The Balaban J connectivity index is 1.80. The molecule has 0 radical (unpaired) electrons. The maximum Gasteiger partial charge on any atom is 0.269 e. The predicted octanol–water partition coefficient (Wildman–Crippen LogP) is 4.76. The van der Waals surface area contributed by atoms with E-state index >= 15 is 0 Å². The molecule has 0 aliphatic rings. The Morgan fingerprint density at radius 1 is 0.833 bits per heavy atom. The minimum Gasteiger partial charge on any atom is -0.494 e. The van der Waals surface area contributed by atoms with E-state index in [2.05, 4.69) is 31.6 Å². The molecule has 0 bridgehead atoms. The second-order valence-electron chi connectivity index (χ2n) is 7.57. The lowest BCUT2D eigenvalue weighted by atomic mass is 10.2. The molecule has 2 aromatic rings. The van der Waals surface area contributed by atoms with Crippen LogP contribution in [0.1, 0.15) is 67.2 Å². The van der Waals surface area contributed by atoms with Gasteiger partial charge in [0.1, 0.15) is 11.5 Å². The monoisotopic (exact) mass is 412 g/mol. The van der Waals surface area contributed by atoms with Crippen LogP contribution < -0.4 is 20.3 Å². The minimum absolute atomic E-state index is 0.389. The molecule has 30 heavy (non-hydrogen) atoms. The highest BCUT2D eigenvalue weighted by atomic mass is 16.5. The molecule has 0 heterocycles. The van der Waals surface area contributed by atoms with Gasteiger partial charge in [-0.05, 0) is 54.8 Å². The Hall–Kier alpha value is -3.02. The quantitative estimate of drug-likeness (QED) is 0.412. The molecule has 0 saturated heterocycles. The maximum atomic E-state index is 12.3. The standard InChI is InChI=1S/C24H32N2O4/c1-4-5-6-7-15-29-21-13-11-19(12-14-21)23(27)25-26-24(28)20-9-8-10-22(16-20)30-17-18(2)3/h8-14,16,18H,4-7,15,17H2,1-3H3,(H,25,27)(H,26,28). The minimum atomic E-state index is -0.412. The van der Waals surface area contributed by atoms with E-state index in [0.717, 1.165) is 18.6 Å². The van der Waals surface area contributed by atoms with Gasteiger partial charge in [-0.2, -0.15) is 0 Å². The SMILES string of the molecule is CCCCCCOc1ccc(C(=O)NNC(=O)c2cccc(OCC(C)C)c2)cc1. The molecule has 2 amide bonds. The average molecular weight is 413 g/mol. The van der Waals surface area contributed by atoms with E-state index in [1.54, 1.807) is 48.5 Å². The van der Waals surface area contributed by atoms with Gasteiger partial charge in [0, 0.05) is 11.1 Å². The zero-order valence-corrected chi connectivity index (χ0v) is 18.1. The first kappa shape index (κ1) is 23.3. The lowest BCUT2D eigenvalue weighted by Gasteiger charge is -2.11. The van der Waals surface area contributed by atoms with Crippen LogP contribution in [-0.2, 0) is 0 Å². The van der Waals surface area contributed by atoms with Gasteiger partial charge in [0.05, 0.1) is 13.2 Å². The maximum absolute atomic E-state index is 12.3. The molecule has 2 N–H and O–H groups in total. The molecule has 0 unspecified atom stereocenters. The molecule has 2 aromatic carbocycles. The first-order chi connectivity index (χ1) is 14.5. The van der Waals surface area contributed by atoms with Gasteiger partial charge in [-0.3, -0.25) is 20.4 Å². The molecule has 162 valence electrons. The second-order valence-corrected chi connectivity index (χ2v) is 7.57. The molecule has 6 heteroatoms. The Morgan fingerprint density at radius 3 is 2.20 bits per heavy atom. The van der Waals surface area contributed by atoms with Crippen LogP contribution in [0.5, 0.6) is 11.5 Å². The number of rotatable bonds is 11. The molecule has 0 fully saturated rings. The Kier molecular flexibility index (Phi) is 9.71. The van der Waals surface area contributed by atoms with Crippen LogP contribution in [0.3, 0.4) is 0 Å². The van der Waals surface area contributed by atoms with Crippen LogP contribution in [-0.4, -0.2) is 25.0 Å². The average Bonchev–Trinajstić information content (AvgIpc) is 2.76. The van der Waals surface area contributed by atoms with Gasteiger partial charge < -0.3 is 9.47 Å². The fourth-order valence-electron chi connectivity index (χ4n) is 2.67. The number of benzene rings is 2. The molecule has 0 aliphatic carbocycles. The van der Waals surface area contributed by atoms with Crippen molar-refractivity contribution in [2.75, 3.05) is 13.2 Å². The highest BCUT2D eigenvalue weighted by Crippen LogP contribution is 2.15. The number of hydrogen-bond donors (Lipinski definition) is 2. The van der Waals surface area contributed by atoms with E-state index < -0.39 is 11.8 Å². The summed E-state index contributed by atoms with van der Waals surface area (Å²) in [7, 11) is 0. The highest BCUT2D eigenvalue weighted by molar-refractivity contribution is 5.99. The summed E-state index contributed by atoms with van der Waals surface area (Å²) in [5.41, 5.74) is 5.70. The number of nitrogens with one attached hydrogen (secondary N) is 2. The molecule has 6 nitrogen and oxygen atoms in total. The van der Waals surface area contributed by atoms with E-state index in [1.807, 2.05) is 0 Å². The normalized spacial score (nSPS) is 10.5. The van der Waals surface area contributed by atoms with Gasteiger partial charge in [0.2, 0.25) is 0 Å². The van der Waals surface area contributed by atoms with E-state index in [-0.39, 0.29) is 0 Å². The zero-order valence-electron chi connectivity index (χ0n) is 18.1. The van der Waals surface area contributed by atoms with E-state index in [4.69, 9.17) is 9.47 Å². The number of ether oxygens (including phenoxy) is 2. The molecular weight excluding hydrogens is 380 g/mol. The van der Waals surface area contributed by atoms with Gasteiger partial charge in [0.15, 0.2) is 0 Å². The first-order valence-electron chi connectivity index (χ1n) is 10.6. The van der Waals surface area contributed by atoms with Crippen LogP contribution in [0.2, 0.25) is 0 Å². The summed E-state index contributed by atoms with van der Waals surface area (Å²) in [5, 5.41) is 0. The number of amides is 2. The third kappa shape index (κ3) is 8.15. The number of unbranched alkanes of at least 4 members (excludes halogenated alkanes) is 3. The van der Waals surface area contributed by atoms with Crippen molar-refractivity contribution >= 4 is 11.8 Å². The van der Waals surface area contributed by atoms with Crippen LogP contribution in [0.15, 0.2) is 48.5 Å². The molecule has 0 aromatic heterocycles. The number of carbonyl (C=O) groups is 2. The Labute approximate surface area is 178 Å². The lowest BCUT2D eigenvalue weighted by Crippen LogP contribution is -2.41. The van der Waals surface area contributed by atoms with Crippen LogP contribution in [0.25, 0.3) is 0 Å². The fraction of sp³-hybridized carbons (Fsp3) is 0.417. The summed E-state index contributed by atoms with van der Waals surface area (Å²) in [5.74, 6) is 0.924. The predicted molar refractivity (Wildman–Crippen MR) is 118 cm³/mol. The van der Waals surface area contributed by atoms with Crippen molar-refractivity contribution in [1.29, 1.82) is 0 Å². The first-order valence-corrected chi connectivity index (χ1v) is 10.6. The van der Waals surface area contributed by atoms with E-state index in [1.165, 1.54) is 12.8 Å². The number of hydrogen-bond acceptors (Lipinski definition) is 4. The topological polar surface area (TPSA) is 76.7 Å². The Morgan fingerprint density at radius 2 is 1.53 bits per heavy atom. The van der Waals surface area contributed by atoms with Crippen molar-refractivity contribution in [2.45, 2.75) is 46.5 Å². The largest absolute Gasteiger partial charge is 0.494 e. The summed E-state index contributed by atoms with van der Waals surface area (Å²) < 4.78 is 11.3. The summed E-state index contributed by atoms with van der Waals surface area (Å²) in [6, 6.07) is 13.7. The van der Waals surface area contributed by atoms with Crippen molar-refractivity contribution in [3.63, 3.8) is 0 Å². The molecule has 0 saturated carbocycles. The summed E-state index contributed by atoms with van der Waals surface area (Å²) >= 11 is 0. The van der Waals surface area contributed by atoms with Gasteiger partial charge in [-0.15, -0.1) is 0 Å². The molecule has 2 rings (SSSR count). The smallest absolute Gasteiger partial charge is 0.269 e. The Bertz CT molecular complexity index is 803. The van der Waals surface area contributed by atoms with E-state index in [9.17, 15) is 9.59 Å². The van der Waals surface area contributed by atoms with Gasteiger partial charge in [-0.1, -0.05) is 46.1 Å². The van der Waals surface area contributed by atoms with Crippen LogP contribution in [0.4, 0.5) is 0 Å². The lowest BCUT2D eigenvalue weighted by molar-refractivity contribution is 0.0846. The summed E-state index contributed by atoms with van der Waals surface area (Å²) in [6.45, 7) is 7.52. The zero-order chi connectivity index (χ0) is 21.8. The number of hydrazine groups is 1. The van der Waals surface area contributed by atoms with Crippen LogP contribution in [0, 0.1) is 5.92 Å². The van der Waals surface area contributed by atoms with Crippen molar-refractivity contribution in [3.05, 3.63) is 59.7 Å². The van der Waals surface area contributed by atoms with Crippen molar-refractivity contribution in [3.8, 4) is 11.5 Å². The molecule has 0 atom stereocenters. The van der Waals surface area contributed by atoms with Crippen molar-refractivity contribution < 1.29 is 19.1 Å². The highest BCUT2D eigenvalue weighted by Gasteiger charge is 2.10. The fourth-order valence-corrected chi connectivity index (χ4v) is 2.67. The summed E-state index contributed by atoms with van der Waals surface area (Å²) in [6.07, 6.45) is 4.58. The molecular formula is C24H32N2O4. The van der Waals surface area contributed by atoms with Gasteiger partial charge >= 0.3 is 0 Å². The second kappa shape index (κ2) is 12.5. The number of carbonyl (C=O) groups excluding carboxylic acids is 2. The van der Waals surface area contributed by atoms with Crippen LogP contribution >= 0.6 is 0 Å². The van der Waals surface area contributed by atoms with Gasteiger partial charge in [0.25, 0.3) is 11.8 Å². The molecule has 0 aliphatic heterocycles.